The van der Waals surface area contributed by atoms with E-state index < -0.39 is 0 Å². The number of anilines is 1. The predicted molar refractivity (Wildman–Crippen MR) is 93.0 cm³/mol. The van der Waals surface area contributed by atoms with Crippen LogP contribution in [0.4, 0.5) is 5.69 Å². The molecule has 2 N–H and O–H groups in total. The van der Waals surface area contributed by atoms with Gasteiger partial charge in [-0.3, -0.25) is 4.79 Å². The van der Waals surface area contributed by atoms with Gasteiger partial charge in [0.2, 0.25) is 5.91 Å². The van der Waals surface area contributed by atoms with E-state index in [0.717, 1.165) is 24.3 Å². The Kier molecular flexibility index (Phi) is 7.69. The van der Waals surface area contributed by atoms with Gasteiger partial charge in [-0.2, -0.15) is 0 Å². The molecule has 1 fully saturated rings. The summed E-state index contributed by atoms with van der Waals surface area (Å²) in [6.07, 6.45) is 2.99. The molecule has 0 radical (unpaired) electrons. The van der Waals surface area contributed by atoms with E-state index in [1.54, 1.807) is 7.11 Å². The lowest BCUT2D eigenvalue weighted by atomic mass is 9.85. The van der Waals surface area contributed by atoms with Crippen LogP contribution in [0.5, 0.6) is 5.75 Å². The summed E-state index contributed by atoms with van der Waals surface area (Å²) in [5.41, 5.74) is 1.87. The van der Waals surface area contributed by atoms with Crippen molar-refractivity contribution in [1.82, 2.24) is 5.32 Å². The third kappa shape index (κ3) is 5.18. The molecule has 2 rings (SSSR count). The zero-order chi connectivity index (χ0) is 15.2. The molecule has 4 nitrogen and oxygen atoms in total. The Bertz CT molecular complexity index is 488. The molecule has 0 aromatic heterocycles. The lowest BCUT2D eigenvalue weighted by Crippen LogP contribution is -2.34. The highest BCUT2D eigenvalue weighted by Gasteiger charge is 2.22. The summed E-state index contributed by atoms with van der Waals surface area (Å²) in [5.74, 6) is 1.77. The monoisotopic (exact) mass is 326 g/mol. The van der Waals surface area contributed by atoms with Crippen LogP contribution in [-0.4, -0.2) is 26.1 Å². The Balaban J connectivity index is 0.00000242. The number of carbonyl (C=O) groups excluding carboxylic acids is 1. The van der Waals surface area contributed by atoms with Crippen LogP contribution < -0.4 is 15.4 Å². The zero-order valence-electron chi connectivity index (χ0n) is 13.6. The number of hydrogen-bond donors (Lipinski definition) is 2. The van der Waals surface area contributed by atoms with E-state index in [-0.39, 0.29) is 18.3 Å². The van der Waals surface area contributed by atoms with Crippen molar-refractivity contribution in [1.29, 1.82) is 0 Å². The molecule has 1 aromatic carbocycles. The summed E-state index contributed by atoms with van der Waals surface area (Å²) in [5, 5.41) is 6.40. The van der Waals surface area contributed by atoms with Gasteiger partial charge < -0.3 is 15.4 Å². The van der Waals surface area contributed by atoms with Gasteiger partial charge >= 0.3 is 0 Å². The second-order valence-electron chi connectivity index (χ2n) is 6.04. The average molecular weight is 327 g/mol. The quantitative estimate of drug-likeness (QED) is 0.872. The minimum Gasteiger partial charge on any atom is -0.495 e. The summed E-state index contributed by atoms with van der Waals surface area (Å²) in [6.45, 7) is 6.31. The number of rotatable bonds is 5. The molecule has 0 spiro atoms. The highest BCUT2D eigenvalue weighted by molar-refractivity contribution is 5.92. The molecular weight excluding hydrogens is 300 g/mol. The number of carbonyl (C=O) groups is 1. The summed E-state index contributed by atoms with van der Waals surface area (Å²) in [7, 11) is 1.62. The maximum absolute atomic E-state index is 12.3. The topological polar surface area (TPSA) is 50.4 Å². The Morgan fingerprint density at radius 2 is 2.27 bits per heavy atom. The molecule has 124 valence electrons. The maximum atomic E-state index is 12.3. The molecule has 22 heavy (non-hydrogen) atoms. The number of methoxy groups -OCH3 is 1. The number of piperidine rings is 1. The van der Waals surface area contributed by atoms with Gasteiger partial charge in [0.15, 0.2) is 0 Å². The average Bonchev–Trinajstić information content (AvgIpc) is 2.48. The Morgan fingerprint density at radius 3 is 2.91 bits per heavy atom. The zero-order valence-corrected chi connectivity index (χ0v) is 14.5. The smallest absolute Gasteiger partial charge is 0.224 e. The van der Waals surface area contributed by atoms with Crippen molar-refractivity contribution in [2.75, 3.05) is 25.5 Å². The SMILES string of the molecule is COc1ccc(C)cc1NC(=O)CC(C)C1CCCNC1.Cl. The van der Waals surface area contributed by atoms with E-state index in [4.69, 9.17) is 4.74 Å². The standard InChI is InChI=1S/C17H26N2O2.ClH/c1-12-6-7-16(21-3)15(9-12)19-17(20)10-13(2)14-5-4-8-18-11-14;/h6-7,9,13-14,18H,4-5,8,10-11H2,1-3H3,(H,19,20);1H. The van der Waals surface area contributed by atoms with Crippen molar-refractivity contribution >= 4 is 24.0 Å². The van der Waals surface area contributed by atoms with Crippen LogP contribution in [0.1, 0.15) is 31.7 Å². The highest BCUT2D eigenvalue weighted by Crippen LogP contribution is 2.27. The molecule has 0 bridgehead atoms. The van der Waals surface area contributed by atoms with Crippen molar-refractivity contribution < 1.29 is 9.53 Å². The van der Waals surface area contributed by atoms with Crippen molar-refractivity contribution in [3.8, 4) is 5.75 Å². The van der Waals surface area contributed by atoms with Crippen molar-refractivity contribution in [3.05, 3.63) is 23.8 Å². The summed E-state index contributed by atoms with van der Waals surface area (Å²) in [6, 6.07) is 5.81. The molecule has 1 heterocycles. The molecular formula is C17H27ClN2O2. The highest BCUT2D eigenvalue weighted by atomic mass is 35.5. The van der Waals surface area contributed by atoms with Gasteiger partial charge in [-0.15, -0.1) is 12.4 Å². The van der Waals surface area contributed by atoms with Crippen molar-refractivity contribution in [2.45, 2.75) is 33.1 Å². The van der Waals surface area contributed by atoms with Gasteiger partial charge in [0, 0.05) is 6.42 Å². The van der Waals surface area contributed by atoms with Gasteiger partial charge in [0.25, 0.3) is 0 Å². The lowest BCUT2D eigenvalue weighted by Gasteiger charge is -2.28. The number of hydrogen-bond acceptors (Lipinski definition) is 3. The summed E-state index contributed by atoms with van der Waals surface area (Å²) < 4.78 is 5.30. The molecule has 1 aromatic rings. The summed E-state index contributed by atoms with van der Waals surface area (Å²) >= 11 is 0. The predicted octanol–water partition coefficient (Wildman–Crippen LogP) is 3.39. The Hall–Kier alpha value is -1.26. The van der Waals surface area contributed by atoms with Crippen molar-refractivity contribution in [3.63, 3.8) is 0 Å². The minimum absolute atomic E-state index is 0. The fourth-order valence-electron chi connectivity index (χ4n) is 2.94. The minimum atomic E-state index is 0. The van der Waals surface area contributed by atoms with Gasteiger partial charge in [-0.05, 0) is 62.4 Å². The van der Waals surface area contributed by atoms with Gasteiger partial charge in [0.05, 0.1) is 12.8 Å². The third-order valence-corrected chi connectivity index (χ3v) is 4.28. The summed E-state index contributed by atoms with van der Waals surface area (Å²) in [4.78, 5) is 12.3. The van der Waals surface area contributed by atoms with Gasteiger partial charge in [-0.1, -0.05) is 13.0 Å². The molecule has 1 amide bonds. The van der Waals surface area contributed by atoms with Crippen LogP contribution >= 0.6 is 12.4 Å². The Labute approximate surface area is 139 Å². The molecule has 2 atom stereocenters. The number of nitrogens with one attached hydrogen (secondary N) is 2. The molecule has 5 heteroatoms. The molecule has 2 unspecified atom stereocenters. The van der Waals surface area contributed by atoms with E-state index >= 15 is 0 Å². The first-order chi connectivity index (χ1) is 10.1. The van der Waals surface area contributed by atoms with Crippen LogP contribution in [0.2, 0.25) is 0 Å². The second-order valence-corrected chi connectivity index (χ2v) is 6.04. The van der Waals surface area contributed by atoms with Gasteiger partial charge in [0.1, 0.15) is 5.75 Å². The van der Waals surface area contributed by atoms with Crippen LogP contribution in [0, 0.1) is 18.8 Å². The maximum Gasteiger partial charge on any atom is 0.224 e. The first kappa shape index (κ1) is 18.8. The van der Waals surface area contributed by atoms with E-state index in [1.165, 1.54) is 12.8 Å². The lowest BCUT2D eigenvalue weighted by molar-refractivity contribution is -0.117. The van der Waals surface area contributed by atoms with Crippen LogP contribution in [0.15, 0.2) is 18.2 Å². The number of benzene rings is 1. The first-order valence-corrected chi connectivity index (χ1v) is 7.75. The largest absolute Gasteiger partial charge is 0.495 e. The molecule has 1 aliphatic rings. The van der Waals surface area contributed by atoms with Gasteiger partial charge in [-0.25, -0.2) is 0 Å². The number of aryl methyl sites for hydroxylation is 1. The normalized spacial score (nSPS) is 19.0. The van der Waals surface area contributed by atoms with E-state index in [9.17, 15) is 4.79 Å². The fraction of sp³-hybridized carbons (Fsp3) is 0.588. The number of ether oxygens (including phenoxy) is 1. The van der Waals surface area contributed by atoms with E-state index in [1.807, 2.05) is 25.1 Å². The number of halogens is 1. The molecule has 1 aliphatic heterocycles. The number of amides is 1. The second kappa shape index (κ2) is 9.01. The van der Waals surface area contributed by atoms with Crippen LogP contribution in [0.25, 0.3) is 0 Å². The Morgan fingerprint density at radius 1 is 1.50 bits per heavy atom. The first-order valence-electron chi connectivity index (χ1n) is 7.75. The molecule has 0 saturated carbocycles. The fourth-order valence-corrected chi connectivity index (χ4v) is 2.94. The van der Waals surface area contributed by atoms with E-state index in [0.29, 0.717) is 24.0 Å². The van der Waals surface area contributed by atoms with Crippen LogP contribution in [0.3, 0.4) is 0 Å². The van der Waals surface area contributed by atoms with Crippen LogP contribution in [-0.2, 0) is 4.79 Å². The van der Waals surface area contributed by atoms with Crippen molar-refractivity contribution in [2.24, 2.45) is 11.8 Å². The molecule has 0 aliphatic carbocycles. The molecule has 1 saturated heterocycles. The van der Waals surface area contributed by atoms with E-state index in [2.05, 4.69) is 17.6 Å². The third-order valence-electron chi connectivity index (χ3n) is 4.28.